The number of piperidine rings is 1. The van der Waals surface area contributed by atoms with E-state index in [9.17, 15) is 4.79 Å². The second kappa shape index (κ2) is 12.1. The predicted molar refractivity (Wildman–Crippen MR) is 159 cm³/mol. The summed E-state index contributed by atoms with van der Waals surface area (Å²) in [6.45, 7) is 11.7. The first-order valence-electron chi connectivity index (χ1n) is 14.7. The molecule has 0 saturated carbocycles. The second-order valence-electron chi connectivity index (χ2n) is 12.1. The highest BCUT2D eigenvalue weighted by molar-refractivity contribution is 5.75. The summed E-state index contributed by atoms with van der Waals surface area (Å²) >= 11 is 0. The smallest absolute Gasteiger partial charge is 0.330 e. The highest BCUT2D eigenvalue weighted by Gasteiger charge is 2.29. The Labute approximate surface area is 245 Å². The van der Waals surface area contributed by atoms with Crippen LogP contribution in [0.3, 0.4) is 0 Å². The third-order valence-electron chi connectivity index (χ3n) is 7.64. The molecule has 222 valence electrons. The number of hydrogen-bond acceptors (Lipinski definition) is 10. The van der Waals surface area contributed by atoms with Gasteiger partial charge in [-0.3, -0.25) is 4.68 Å². The van der Waals surface area contributed by atoms with E-state index in [0.717, 1.165) is 74.5 Å². The average molecular weight is 574 g/mol. The number of aromatic nitrogens is 6. The van der Waals surface area contributed by atoms with Gasteiger partial charge in [0.2, 0.25) is 5.95 Å². The average Bonchev–Trinajstić information content (AvgIpc) is 3.59. The van der Waals surface area contributed by atoms with E-state index in [1.54, 1.807) is 23.7 Å². The number of anilines is 3. The molecule has 1 aromatic carbocycles. The summed E-state index contributed by atoms with van der Waals surface area (Å²) in [4.78, 5) is 29.6. The predicted octanol–water partition coefficient (Wildman–Crippen LogP) is 3.87. The van der Waals surface area contributed by atoms with Gasteiger partial charge in [0.1, 0.15) is 0 Å². The van der Waals surface area contributed by atoms with Crippen molar-refractivity contribution in [2.75, 3.05) is 49.6 Å². The third-order valence-corrected chi connectivity index (χ3v) is 7.64. The summed E-state index contributed by atoms with van der Waals surface area (Å²) in [7, 11) is 0. The standard InChI is InChI=1S/C30H39N9O3/c1-30(2,3)28(40)42-38-9-5-7-23(19-38)18-37-21-25(17-32-37)34-29-31-15-24-16-33-39(27(24)35-29)20-22-6-4-8-26(14-22)36-10-12-41-13-11-36/h4,6,8,14-17,21,23H,5,7,9-13,18-20H2,1-3H3,(H,31,34,35). The number of fused-ring (bicyclic) bond motifs is 1. The van der Waals surface area contributed by atoms with Crippen LogP contribution in [-0.4, -0.2) is 80.0 Å². The number of benzene rings is 1. The van der Waals surface area contributed by atoms with Crippen molar-refractivity contribution in [2.45, 2.75) is 46.7 Å². The van der Waals surface area contributed by atoms with Gasteiger partial charge in [0.05, 0.1) is 48.6 Å². The molecule has 1 N–H and O–H groups in total. The van der Waals surface area contributed by atoms with E-state index in [2.05, 4.69) is 49.7 Å². The Kier molecular flexibility index (Phi) is 8.07. The molecule has 12 heteroatoms. The summed E-state index contributed by atoms with van der Waals surface area (Å²) in [6, 6.07) is 8.57. The molecule has 2 fully saturated rings. The minimum absolute atomic E-state index is 0.200. The van der Waals surface area contributed by atoms with E-state index in [0.29, 0.717) is 25.0 Å². The number of ether oxygens (including phenoxy) is 1. The SMILES string of the molecule is CC(C)(C)C(=O)ON1CCCC(Cn2cc(Nc3ncc4cnn(Cc5cccc(N6CCOCC6)c5)c4n3)cn2)C1. The molecule has 6 rings (SSSR count). The van der Waals surface area contributed by atoms with Gasteiger partial charge in [0.25, 0.3) is 0 Å². The van der Waals surface area contributed by atoms with Crippen LogP contribution in [0.2, 0.25) is 0 Å². The number of hydroxylamine groups is 2. The molecule has 2 aliphatic heterocycles. The van der Waals surface area contributed by atoms with E-state index >= 15 is 0 Å². The lowest BCUT2D eigenvalue weighted by molar-refractivity contribution is -0.208. The van der Waals surface area contributed by atoms with Crippen LogP contribution in [0, 0.1) is 11.3 Å². The van der Waals surface area contributed by atoms with E-state index in [1.165, 1.54) is 5.69 Å². The highest BCUT2D eigenvalue weighted by Crippen LogP contribution is 2.24. The van der Waals surface area contributed by atoms with E-state index in [1.807, 2.05) is 36.3 Å². The van der Waals surface area contributed by atoms with Crippen molar-refractivity contribution < 1.29 is 14.4 Å². The number of rotatable bonds is 8. The number of nitrogens with one attached hydrogen (secondary N) is 1. The molecule has 1 unspecified atom stereocenters. The molecule has 5 heterocycles. The molecule has 0 spiro atoms. The molecule has 42 heavy (non-hydrogen) atoms. The lowest BCUT2D eigenvalue weighted by Crippen LogP contribution is -2.41. The normalized spacial score (nSPS) is 18.4. The van der Waals surface area contributed by atoms with Crippen LogP contribution in [0.25, 0.3) is 11.0 Å². The van der Waals surface area contributed by atoms with Crippen LogP contribution >= 0.6 is 0 Å². The lowest BCUT2D eigenvalue weighted by Gasteiger charge is -2.32. The van der Waals surface area contributed by atoms with Gasteiger partial charge < -0.3 is 19.8 Å². The van der Waals surface area contributed by atoms with Gasteiger partial charge in [0, 0.05) is 50.8 Å². The fourth-order valence-electron chi connectivity index (χ4n) is 5.32. The topological polar surface area (TPSA) is 115 Å². The first kappa shape index (κ1) is 28.1. The molecule has 12 nitrogen and oxygen atoms in total. The van der Waals surface area contributed by atoms with Gasteiger partial charge in [0.15, 0.2) is 5.65 Å². The van der Waals surface area contributed by atoms with Crippen molar-refractivity contribution in [2.24, 2.45) is 11.3 Å². The fraction of sp³-hybridized carbons (Fsp3) is 0.500. The number of nitrogens with zero attached hydrogens (tertiary/aromatic N) is 8. The Morgan fingerprint density at radius 1 is 1.12 bits per heavy atom. The zero-order valence-electron chi connectivity index (χ0n) is 24.6. The number of morpholine rings is 1. The van der Waals surface area contributed by atoms with Crippen molar-refractivity contribution in [1.29, 1.82) is 0 Å². The Balaban J connectivity index is 1.09. The minimum Gasteiger partial charge on any atom is -0.378 e. The van der Waals surface area contributed by atoms with Crippen LogP contribution in [0.15, 0.2) is 49.1 Å². The van der Waals surface area contributed by atoms with Crippen molar-refractivity contribution in [1.82, 2.24) is 34.6 Å². The Morgan fingerprint density at radius 2 is 1.98 bits per heavy atom. The summed E-state index contributed by atoms with van der Waals surface area (Å²) in [5, 5.41) is 15.1. The number of carbonyl (C=O) groups excluding carboxylic acids is 1. The molecule has 3 aromatic heterocycles. The molecule has 0 bridgehead atoms. The first-order valence-corrected chi connectivity index (χ1v) is 14.7. The summed E-state index contributed by atoms with van der Waals surface area (Å²) in [5.74, 6) is 0.625. The fourth-order valence-corrected chi connectivity index (χ4v) is 5.32. The van der Waals surface area contributed by atoms with Crippen LogP contribution in [0.4, 0.5) is 17.3 Å². The van der Waals surface area contributed by atoms with Crippen molar-refractivity contribution in [3.8, 4) is 0 Å². The van der Waals surface area contributed by atoms with Crippen LogP contribution in [0.5, 0.6) is 0 Å². The number of hydrogen-bond donors (Lipinski definition) is 1. The molecule has 0 amide bonds. The Bertz CT molecular complexity index is 1520. The van der Waals surface area contributed by atoms with Gasteiger partial charge in [-0.05, 0) is 57.2 Å². The molecule has 0 radical (unpaired) electrons. The molecule has 1 atom stereocenters. The largest absolute Gasteiger partial charge is 0.378 e. The maximum atomic E-state index is 12.3. The van der Waals surface area contributed by atoms with Crippen LogP contribution in [-0.2, 0) is 27.5 Å². The maximum Gasteiger partial charge on any atom is 0.330 e. The number of carbonyl (C=O) groups is 1. The molecule has 2 aliphatic rings. The molecule has 2 saturated heterocycles. The van der Waals surface area contributed by atoms with Crippen molar-refractivity contribution in [3.63, 3.8) is 0 Å². The second-order valence-corrected chi connectivity index (χ2v) is 12.1. The summed E-state index contributed by atoms with van der Waals surface area (Å²) < 4.78 is 9.33. The minimum atomic E-state index is -0.521. The summed E-state index contributed by atoms with van der Waals surface area (Å²) in [6.07, 6.45) is 9.37. The lowest BCUT2D eigenvalue weighted by atomic mass is 9.97. The monoisotopic (exact) mass is 573 g/mol. The zero-order chi connectivity index (χ0) is 29.1. The van der Waals surface area contributed by atoms with Crippen LogP contribution < -0.4 is 10.2 Å². The van der Waals surface area contributed by atoms with Gasteiger partial charge in [-0.15, -0.1) is 5.06 Å². The highest BCUT2D eigenvalue weighted by atomic mass is 16.7. The zero-order valence-corrected chi connectivity index (χ0v) is 24.6. The first-order chi connectivity index (χ1) is 20.3. The molecular weight excluding hydrogens is 534 g/mol. The quantitative estimate of drug-likeness (QED) is 0.333. The van der Waals surface area contributed by atoms with Gasteiger partial charge >= 0.3 is 5.97 Å². The third kappa shape index (κ3) is 6.71. The van der Waals surface area contributed by atoms with Gasteiger partial charge in [-0.25, -0.2) is 14.5 Å². The van der Waals surface area contributed by atoms with Gasteiger partial charge in [-0.1, -0.05) is 12.1 Å². The molecule has 0 aliphatic carbocycles. The van der Waals surface area contributed by atoms with Crippen molar-refractivity contribution in [3.05, 3.63) is 54.6 Å². The summed E-state index contributed by atoms with van der Waals surface area (Å²) in [5.41, 5.74) is 3.42. The molecular formula is C30H39N9O3. The van der Waals surface area contributed by atoms with Crippen LogP contribution in [0.1, 0.15) is 39.2 Å². The Hall–Kier alpha value is -4.03. The van der Waals surface area contributed by atoms with E-state index < -0.39 is 5.41 Å². The Morgan fingerprint density at radius 3 is 2.81 bits per heavy atom. The maximum absolute atomic E-state index is 12.3. The van der Waals surface area contributed by atoms with E-state index in [4.69, 9.17) is 14.6 Å². The van der Waals surface area contributed by atoms with Crippen molar-refractivity contribution >= 4 is 34.3 Å². The molecule has 4 aromatic rings. The van der Waals surface area contributed by atoms with E-state index in [-0.39, 0.29) is 5.97 Å². The van der Waals surface area contributed by atoms with Gasteiger partial charge in [-0.2, -0.15) is 15.2 Å².